The van der Waals surface area contributed by atoms with Gasteiger partial charge in [0.05, 0.1) is 0 Å². The van der Waals surface area contributed by atoms with Crippen molar-refractivity contribution in [3.05, 3.63) is 0 Å². The molecule has 0 saturated carbocycles. The molecule has 0 fully saturated rings. The number of likely N-dealkylation sites (N-methyl/N-ethyl adjacent to an activating group) is 1. The van der Waals surface area contributed by atoms with Crippen LogP contribution in [0.5, 0.6) is 0 Å². The lowest BCUT2D eigenvalue weighted by Crippen LogP contribution is -2.43. The van der Waals surface area contributed by atoms with Crippen LogP contribution in [0.4, 0.5) is 0 Å². The average Bonchev–Trinajstić information content (AvgIpc) is 1.89. The van der Waals surface area contributed by atoms with Crippen molar-refractivity contribution in [2.24, 2.45) is 11.1 Å². The van der Waals surface area contributed by atoms with E-state index >= 15 is 0 Å². The molecular formula is C8H20N2. The van der Waals surface area contributed by atoms with E-state index in [4.69, 9.17) is 5.73 Å². The van der Waals surface area contributed by atoms with Crippen molar-refractivity contribution in [2.45, 2.75) is 33.2 Å². The van der Waals surface area contributed by atoms with Crippen molar-refractivity contribution in [3.63, 3.8) is 0 Å². The maximum absolute atomic E-state index is 5.91. The third-order valence-electron chi connectivity index (χ3n) is 2.34. The van der Waals surface area contributed by atoms with E-state index in [9.17, 15) is 0 Å². The molecular weight excluding hydrogens is 124 g/mol. The van der Waals surface area contributed by atoms with Gasteiger partial charge in [-0.2, -0.15) is 0 Å². The summed E-state index contributed by atoms with van der Waals surface area (Å²) in [6.45, 7) is 7.49. The van der Waals surface area contributed by atoms with E-state index in [1.807, 2.05) is 7.05 Å². The first-order chi connectivity index (χ1) is 4.54. The first kappa shape index (κ1) is 9.92. The van der Waals surface area contributed by atoms with Gasteiger partial charge in [-0.1, -0.05) is 20.8 Å². The molecule has 0 radical (unpaired) electrons. The number of nitrogens with one attached hydrogen (secondary N) is 1. The molecule has 0 aliphatic rings. The minimum atomic E-state index is 0.266. The van der Waals surface area contributed by atoms with Gasteiger partial charge in [-0.3, -0.25) is 0 Å². The van der Waals surface area contributed by atoms with Gasteiger partial charge in [0.2, 0.25) is 0 Å². The zero-order chi connectivity index (χ0) is 8.20. The standard InChI is InChI=1S/C8H20N2/c1-5-8(2,3)7(9)6-10-4/h7,10H,5-6,9H2,1-4H3. The van der Waals surface area contributed by atoms with Crippen LogP contribution in [-0.2, 0) is 0 Å². The normalized spacial score (nSPS) is 15.3. The van der Waals surface area contributed by atoms with Gasteiger partial charge < -0.3 is 11.1 Å². The van der Waals surface area contributed by atoms with Crippen molar-refractivity contribution in [2.75, 3.05) is 13.6 Å². The topological polar surface area (TPSA) is 38.0 Å². The summed E-state index contributed by atoms with van der Waals surface area (Å²) in [6.07, 6.45) is 1.13. The summed E-state index contributed by atoms with van der Waals surface area (Å²) in [5.41, 5.74) is 6.18. The van der Waals surface area contributed by atoms with E-state index in [0.717, 1.165) is 13.0 Å². The van der Waals surface area contributed by atoms with Crippen LogP contribution in [0.15, 0.2) is 0 Å². The highest BCUT2D eigenvalue weighted by atomic mass is 14.9. The zero-order valence-corrected chi connectivity index (χ0v) is 7.57. The van der Waals surface area contributed by atoms with Crippen molar-refractivity contribution < 1.29 is 0 Å². The molecule has 1 atom stereocenters. The average molecular weight is 144 g/mol. The Morgan fingerprint density at radius 3 is 2.30 bits per heavy atom. The van der Waals surface area contributed by atoms with Gasteiger partial charge in [-0.15, -0.1) is 0 Å². The van der Waals surface area contributed by atoms with E-state index in [2.05, 4.69) is 26.1 Å². The van der Waals surface area contributed by atoms with Gasteiger partial charge in [0, 0.05) is 12.6 Å². The molecule has 0 rings (SSSR count). The molecule has 0 aromatic rings. The van der Waals surface area contributed by atoms with Crippen LogP contribution in [0, 0.1) is 5.41 Å². The van der Waals surface area contributed by atoms with Crippen LogP contribution >= 0.6 is 0 Å². The molecule has 0 spiro atoms. The maximum atomic E-state index is 5.91. The fourth-order valence-electron chi connectivity index (χ4n) is 0.758. The Hall–Kier alpha value is -0.0800. The van der Waals surface area contributed by atoms with Crippen molar-refractivity contribution >= 4 is 0 Å². The van der Waals surface area contributed by atoms with Gasteiger partial charge in [-0.25, -0.2) is 0 Å². The molecule has 0 saturated heterocycles. The van der Waals surface area contributed by atoms with Gasteiger partial charge >= 0.3 is 0 Å². The fraction of sp³-hybridized carbons (Fsp3) is 1.00. The number of hydrogen-bond acceptors (Lipinski definition) is 2. The van der Waals surface area contributed by atoms with E-state index in [-0.39, 0.29) is 11.5 Å². The van der Waals surface area contributed by atoms with Crippen LogP contribution in [0.3, 0.4) is 0 Å². The lowest BCUT2D eigenvalue weighted by atomic mass is 9.82. The highest BCUT2D eigenvalue weighted by Crippen LogP contribution is 2.22. The van der Waals surface area contributed by atoms with Crippen LogP contribution in [0.25, 0.3) is 0 Å². The van der Waals surface area contributed by atoms with Crippen LogP contribution in [0.2, 0.25) is 0 Å². The zero-order valence-electron chi connectivity index (χ0n) is 7.57. The predicted octanol–water partition coefficient (Wildman–Crippen LogP) is 0.969. The highest BCUT2D eigenvalue weighted by molar-refractivity contribution is 4.80. The molecule has 3 N–H and O–H groups in total. The second kappa shape index (κ2) is 3.94. The Kier molecular flexibility index (Phi) is 3.91. The van der Waals surface area contributed by atoms with Crippen molar-refractivity contribution in [3.8, 4) is 0 Å². The molecule has 1 unspecified atom stereocenters. The first-order valence-corrected chi connectivity index (χ1v) is 3.94. The van der Waals surface area contributed by atoms with E-state index < -0.39 is 0 Å². The SMILES string of the molecule is CCC(C)(C)C(N)CNC. The third-order valence-corrected chi connectivity index (χ3v) is 2.34. The molecule has 0 bridgehead atoms. The van der Waals surface area contributed by atoms with Gasteiger partial charge in [0.15, 0.2) is 0 Å². The molecule has 2 nitrogen and oxygen atoms in total. The summed E-state index contributed by atoms with van der Waals surface area (Å²) >= 11 is 0. The van der Waals surface area contributed by atoms with Gasteiger partial charge in [0.25, 0.3) is 0 Å². The fourth-order valence-corrected chi connectivity index (χ4v) is 0.758. The number of nitrogens with two attached hydrogens (primary N) is 1. The highest BCUT2D eigenvalue weighted by Gasteiger charge is 2.22. The van der Waals surface area contributed by atoms with Crippen LogP contribution in [0.1, 0.15) is 27.2 Å². The van der Waals surface area contributed by atoms with Crippen molar-refractivity contribution in [1.82, 2.24) is 5.32 Å². The number of hydrogen-bond donors (Lipinski definition) is 2. The molecule has 0 aromatic heterocycles. The molecule has 0 aliphatic carbocycles. The largest absolute Gasteiger partial charge is 0.326 e. The summed E-state index contributed by atoms with van der Waals surface area (Å²) < 4.78 is 0. The Bertz CT molecular complexity index is 89.3. The molecule has 0 amide bonds. The van der Waals surface area contributed by atoms with Crippen molar-refractivity contribution in [1.29, 1.82) is 0 Å². The molecule has 0 heterocycles. The summed E-state index contributed by atoms with van der Waals surface area (Å²) in [6, 6.07) is 0.266. The first-order valence-electron chi connectivity index (χ1n) is 3.94. The summed E-state index contributed by atoms with van der Waals surface area (Å²) in [7, 11) is 1.94. The molecule has 10 heavy (non-hydrogen) atoms. The lowest BCUT2D eigenvalue weighted by molar-refractivity contribution is 0.270. The second-order valence-electron chi connectivity index (χ2n) is 3.51. The Balaban J connectivity index is 3.78. The minimum absolute atomic E-state index is 0.266. The molecule has 2 heteroatoms. The smallest absolute Gasteiger partial charge is 0.0217 e. The Morgan fingerprint density at radius 2 is 2.00 bits per heavy atom. The monoisotopic (exact) mass is 144 g/mol. The lowest BCUT2D eigenvalue weighted by Gasteiger charge is -2.30. The predicted molar refractivity (Wildman–Crippen MR) is 46.0 cm³/mol. The molecule has 0 aliphatic heterocycles. The summed E-state index contributed by atoms with van der Waals surface area (Å²) in [4.78, 5) is 0. The number of rotatable bonds is 4. The van der Waals surface area contributed by atoms with Gasteiger partial charge in [-0.05, 0) is 18.9 Å². The van der Waals surface area contributed by atoms with E-state index in [0.29, 0.717) is 0 Å². The Labute approximate surface area is 64.2 Å². The van der Waals surface area contributed by atoms with E-state index in [1.54, 1.807) is 0 Å². The Morgan fingerprint density at radius 1 is 1.50 bits per heavy atom. The maximum Gasteiger partial charge on any atom is 0.0217 e. The molecule has 62 valence electrons. The minimum Gasteiger partial charge on any atom is -0.326 e. The summed E-state index contributed by atoms with van der Waals surface area (Å²) in [5.74, 6) is 0. The summed E-state index contributed by atoms with van der Waals surface area (Å²) in [5, 5.41) is 3.08. The molecule has 0 aromatic carbocycles. The second-order valence-corrected chi connectivity index (χ2v) is 3.51. The van der Waals surface area contributed by atoms with Crippen LogP contribution < -0.4 is 11.1 Å². The third kappa shape index (κ3) is 2.67. The van der Waals surface area contributed by atoms with E-state index in [1.165, 1.54) is 0 Å². The van der Waals surface area contributed by atoms with Gasteiger partial charge in [0.1, 0.15) is 0 Å². The van der Waals surface area contributed by atoms with Crippen LogP contribution in [-0.4, -0.2) is 19.6 Å². The quantitative estimate of drug-likeness (QED) is 0.617.